The monoisotopic (exact) mass is 275 g/mol. The number of halogens is 2. The zero-order valence-electron chi connectivity index (χ0n) is 11.5. The van der Waals surface area contributed by atoms with Gasteiger partial charge in [0.05, 0.1) is 18.2 Å². The lowest BCUT2D eigenvalue weighted by Crippen LogP contribution is -2.34. The first kappa shape index (κ1) is 15.6. The summed E-state index contributed by atoms with van der Waals surface area (Å²) in [5, 5.41) is 12.9. The Bertz CT molecular complexity index is 458. The summed E-state index contributed by atoms with van der Waals surface area (Å²) in [7, 11) is 1.57. The van der Waals surface area contributed by atoms with E-state index >= 15 is 0 Å². The zero-order valence-corrected chi connectivity index (χ0v) is 11.5. The van der Waals surface area contributed by atoms with E-state index in [0.29, 0.717) is 21.6 Å². The number of amides is 1. The Kier molecular flexibility index (Phi) is 4.99. The van der Waals surface area contributed by atoms with E-state index in [2.05, 4.69) is 5.10 Å². The maximum atomic E-state index is 12.7. The van der Waals surface area contributed by atoms with Gasteiger partial charge in [-0.3, -0.25) is 4.79 Å². The Labute approximate surface area is 110 Å². The number of alkyl halides is 2. The van der Waals surface area contributed by atoms with Gasteiger partial charge >= 0.3 is 6.55 Å². The van der Waals surface area contributed by atoms with E-state index in [-0.39, 0.29) is 18.9 Å². The van der Waals surface area contributed by atoms with E-state index in [0.717, 1.165) is 0 Å². The molecule has 0 saturated heterocycles. The second kappa shape index (κ2) is 6.10. The van der Waals surface area contributed by atoms with E-state index in [9.17, 15) is 18.7 Å². The molecule has 0 saturated carbocycles. The van der Waals surface area contributed by atoms with Crippen LogP contribution < -0.4 is 0 Å². The lowest BCUT2D eigenvalue weighted by atomic mass is 10.1. The van der Waals surface area contributed by atoms with Crippen LogP contribution in [0.25, 0.3) is 0 Å². The molecule has 1 aromatic heterocycles. The van der Waals surface area contributed by atoms with Crippen LogP contribution in [0, 0.1) is 13.8 Å². The molecule has 0 bridgehead atoms. The number of aromatic nitrogens is 2. The molecule has 1 amide bonds. The van der Waals surface area contributed by atoms with Crippen LogP contribution in [0.1, 0.15) is 30.4 Å². The number of carbonyl (C=O) groups is 1. The zero-order chi connectivity index (χ0) is 14.7. The molecule has 0 aromatic carbocycles. The summed E-state index contributed by atoms with van der Waals surface area (Å²) in [6.07, 6.45) is -0.618. The van der Waals surface area contributed by atoms with Crippen molar-refractivity contribution in [1.82, 2.24) is 14.7 Å². The first-order valence-electron chi connectivity index (χ1n) is 5.98. The van der Waals surface area contributed by atoms with Crippen molar-refractivity contribution >= 4 is 5.91 Å². The Balaban J connectivity index is 2.85. The second-order valence-corrected chi connectivity index (χ2v) is 4.67. The van der Waals surface area contributed by atoms with Gasteiger partial charge in [0.15, 0.2) is 0 Å². The Hall–Kier alpha value is -1.50. The van der Waals surface area contributed by atoms with Gasteiger partial charge < -0.3 is 10.0 Å². The van der Waals surface area contributed by atoms with Gasteiger partial charge in [-0.2, -0.15) is 13.9 Å². The molecule has 1 N–H and O–H groups in total. The fourth-order valence-corrected chi connectivity index (χ4v) is 1.93. The molecule has 1 unspecified atom stereocenters. The van der Waals surface area contributed by atoms with Gasteiger partial charge in [-0.05, 0) is 20.8 Å². The van der Waals surface area contributed by atoms with Crippen LogP contribution >= 0.6 is 0 Å². The SMILES string of the molecule is Cc1nn(C(F)F)c(C)c1CC(=O)N(C)CC(C)O. The molecular weight excluding hydrogens is 256 g/mol. The summed E-state index contributed by atoms with van der Waals surface area (Å²) >= 11 is 0. The second-order valence-electron chi connectivity index (χ2n) is 4.67. The first-order valence-corrected chi connectivity index (χ1v) is 5.98. The minimum absolute atomic E-state index is 0.00755. The number of aliphatic hydroxyl groups excluding tert-OH is 1. The molecular formula is C12H19F2N3O2. The highest BCUT2D eigenvalue weighted by Gasteiger charge is 2.20. The molecule has 0 aliphatic carbocycles. The van der Waals surface area contributed by atoms with Gasteiger partial charge in [0.25, 0.3) is 0 Å². The number of aryl methyl sites for hydroxylation is 1. The Morgan fingerprint density at radius 2 is 2.05 bits per heavy atom. The third-order valence-electron chi connectivity index (χ3n) is 2.95. The highest BCUT2D eigenvalue weighted by molar-refractivity contribution is 5.79. The van der Waals surface area contributed by atoms with Crippen molar-refractivity contribution < 1.29 is 18.7 Å². The summed E-state index contributed by atoms with van der Waals surface area (Å²) in [4.78, 5) is 13.3. The molecule has 1 heterocycles. The van der Waals surface area contributed by atoms with E-state index in [1.54, 1.807) is 20.9 Å². The molecule has 0 radical (unpaired) electrons. The molecule has 7 heteroatoms. The lowest BCUT2D eigenvalue weighted by Gasteiger charge is -2.18. The molecule has 0 spiro atoms. The molecule has 0 aliphatic heterocycles. The van der Waals surface area contributed by atoms with Crippen LogP contribution in [0.4, 0.5) is 8.78 Å². The smallest absolute Gasteiger partial charge is 0.333 e. The normalized spacial score (nSPS) is 12.8. The molecule has 1 aromatic rings. The van der Waals surface area contributed by atoms with Gasteiger partial charge in [0.2, 0.25) is 5.91 Å². The van der Waals surface area contributed by atoms with Crippen molar-refractivity contribution in [2.45, 2.75) is 39.8 Å². The standard InChI is InChI=1S/C12H19F2N3O2/c1-7(18)6-16(4)11(19)5-10-8(2)15-17(9(10)3)12(13)14/h7,12,18H,5-6H2,1-4H3. The summed E-state index contributed by atoms with van der Waals surface area (Å²) in [5.74, 6) is -0.235. The molecule has 1 atom stereocenters. The predicted molar refractivity (Wildman–Crippen MR) is 66.0 cm³/mol. The van der Waals surface area contributed by atoms with Crippen molar-refractivity contribution in [2.75, 3.05) is 13.6 Å². The number of nitrogens with zero attached hydrogens (tertiary/aromatic N) is 3. The fraction of sp³-hybridized carbons (Fsp3) is 0.667. The van der Waals surface area contributed by atoms with Crippen LogP contribution in [0.5, 0.6) is 0 Å². The summed E-state index contributed by atoms with van der Waals surface area (Å²) < 4.78 is 25.9. The summed E-state index contributed by atoms with van der Waals surface area (Å²) in [6.45, 7) is 2.19. The van der Waals surface area contributed by atoms with Crippen LogP contribution in [0.15, 0.2) is 0 Å². The van der Waals surface area contributed by atoms with E-state index in [4.69, 9.17) is 0 Å². The lowest BCUT2D eigenvalue weighted by molar-refractivity contribution is -0.130. The molecule has 108 valence electrons. The number of hydrogen-bond acceptors (Lipinski definition) is 3. The summed E-state index contributed by atoms with van der Waals surface area (Å²) in [5.41, 5.74) is 1.24. The van der Waals surface area contributed by atoms with Crippen molar-refractivity contribution in [2.24, 2.45) is 0 Å². The third-order valence-corrected chi connectivity index (χ3v) is 2.95. The molecule has 1 rings (SSSR count). The fourth-order valence-electron chi connectivity index (χ4n) is 1.93. The topological polar surface area (TPSA) is 58.4 Å². The minimum Gasteiger partial charge on any atom is -0.392 e. The quantitative estimate of drug-likeness (QED) is 0.880. The van der Waals surface area contributed by atoms with Gasteiger partial charge in [-0.15, -0.1) is 0 Å². The Morgan fingerprint density at radius 3 is 2.47 bits per heavy atom. The maximum absolute atomic E-state index is 12.7. The maximum Gasteiger partial charge on any atom is 0.333 e. The summed E-state index contributed by atoms with van der Waals surface area (Å²) in [6, 6.07) is 0. The van der Waals surface area contributed by atoms with Crippen LogP contribution in [0.2, 0.25) is 0 Å². The molecule has 5 nitrogen and oxygen atoms in total. The predicted octanol–water partition coefficient (Wildman–Crippen LogP) is 1.28. The highest BCUT2D eigenvalue weighted by Crippen LogP contribution is 2.20. The first-order chi connectivity index (χ1) is 8.73. The molecule has 0 fully saturated rings. The minimum atomic E-state index is -2.71. The van der Waals surface area contributed by atoms with E-state index in [1.807, 2.05) is 0 Å². The third kappa shape index (κ3) is 3.73. The highest BCUT2D eigenvalue weighted by atomic mass is 19.3. The van der Waals surface area contributed by atoms with E-state index < -0.39 is 12.7 Å². The average Bonchev–Trinajstić information content (AvgIpc) is 2.56. The van der Waals surface area contributed by atoms with E-state index in [1.165, 1.54) is 11.8 Å². The largest absolute Gasteiger partial charge is 0.392 e. The average molecular weight is 275 g/mol. The van der Waals surface area contributed by atoms with Crippen LogP contribution in [0.3, 0.4) is 0 Å². The van der Waals surface area contributed by atoms with Gasteiger partial charge in [-0.1, -0.05) is 0 Å². The number of aliphatic hydroxyl groups is 1. The number of likely N-dealkylation sites (N-methyl/N-ethyl adjacent to an activating group) is 1. The number of hydrogen-bond donors (Lipinski definition) is 1. The van der Waals surface area contributed by atoms with Gasteiger partial charge in [0, 0.05) is 24.8 Å². The van der Waals surface area contributed by atoms with Crippen LogP contribution in [-0.4, -0.2) is 45.4 Å². The number of rotatable bonds is 5. The van der Waals surface area contributed by atoms with Crippen LogP contribution in [-0.2, 0) is 11.2 Å². The van der Waals surface area contributed by atoms with Crippen molar-refractivity contribution in [3.63, 3.8) is 0 Å². The van der Waals surface area contributed by atoms with Gasteiger partial charge in [-0.25, -0.2) is 4.68 Å². The molecule has 0 aliphatic rings. The Morgan fingerprint density at radius 1 is 1.47 bits per heavy atom. The molecule has 19 heavy (non-hydrogen) atoms. The van der Waals surface area contributed by atoms with Crippen molar-refractivity contribution in [3.8, 4) is 0 Å². The number of carbonyl (C=O) groups excluding carboxylic acids is 1. The van der Waals surface area contributed by atoms with Crippen molar-refractivity contribution in [1.29, 1.82) is 0 Å². The van der Waals surface area contributed by atoms with Crippen molar-refractivity contribution in [3.05, 3.63) is 17.0 Å². The van der Waals surface area contributed by atoms with Gasteiger partial charge in [0.1, 0.15) is 0 Å².